The number of aryl methyl sites for hydroxylation is 1. The van der Waals surface area contributed by atoms with Crippen LogP contribution in [0.4, 0.5) is 5.88 Å². The molecular weight excluding hydrogens is 324 g/mol. The molecular formula is C17H18N4O2S. The molecule has 1 aromatic carbocycles. The predicted octanol–water partition coefficient (Wildman–Crippen LogP) is 3.42. The van der Waals surface area contributed by atoms with Crippen LogP contribution in [0, 0.1) is 6.92 Å². The molecule has 0 unspecified atom stereocenters. The zero-order valence-corrected chi connectivity index (χ0v) is 14.6. The summed E-state index contributed by atoms with van der Waals surface area (Å²) in [5.74, 6) is 0.0375. The van der Waals surface area contributed by atoms with Crippen LogP contribution in [-0.2, 0) is 6.54 Å². The van der Waals surface area contributed by atoms with Gasteiger partial charge in [0.25, 0.3) is 5.91 Å². The maximum absolute atomic E-state index is 12.4. The molecule has 124 valence electrons. The monoisotopic (exact) mass is 342 g/mol. The first-order chi connectivity index (χ1) is 11.5. The van der Waals surface area contributed by atoms with E-state index < -0.39 is 0 Å². The van der Waals surface area contributed by atoms with Gasteiger partial charge in [0, 0.05) is 11.9 Å². The molecule has 0 fully saturated rings. The number of amides is 1. The number of carbonyl (C=O) groups excluding carboxylic acids is 1. The zero-order chi connectivity index (χ0) is 17.1. The van der Waals surface area contributed by atoms with Crippen LogP contribution in [0.3, 0.4) is 0 Å². The maximum atomic E-state index is 12.4. The van der Waals surface area contributed by atoms with Gasteiger partial charge in [-0.05, 0) is 26.6 Å². The Hall–Kier alpha value is -2.51. The zero-order valence-electron chi connectivity index (χ0n) is 13.7. The minimum Gasteiger partial charge on any atom is -0.337 e. The van der Waals surface area contributed by atoms with Gasteiger partial charge < -0.3 is 9.42 Å². The van der Waals surface area contributed by atoms with Gasteiger partial charge >= 0.3 is 0 Å². The number of hydrogen-bond donors (Lipinski definition) is 1. The Morgan fingerprint density at radius 1 is 1.29 bits per heavy atom. The van der Waals surface area contributed by atoms with E-state index >= 15 is 0 Å². The molecule has 2 heterocycles. The van der Waals surface area contributed by atoms with E-state index in [0.29, 0.717) is 18.1 Å². The highest BCUT2D eigenvalue weighted by molar-refractivity contribution is 7.09. The lowest BCUT2D eigenvalue weighted by Gasteiger charge is -2.05. The van der Waals surface area contributed by atoms with Gasteiger partial charge in [0.05, 0.1) is 11.3 Å². The van der Waals surface area contributed by atoms with Gasteiger partial charge in [-0.3, -0.25) is 10.1 Å². The second-order valence-corrected chi connectivity index (χ2v) is 6.60. The molecule has 0 atom stereocenters. The summed E-state index contributed by atoms with van der Waals surface area (Å²) >= 11 is 1.46. The second kappa shape index (κ2) is 6.94. The van der Waals surface area contributed by atoms with Crippen molar-refractivity contribution in [3.8, 4) is 11.1 Å². The van der Waals surface area contributed by atoms with Gasteiger partial charge in [-0.25, -0.2) is 4.98 Å². The fourth-order valence-electron chi connectivity index (χ4n) is 2.33. The van der Waals surface area contributed by atoms with Crippen LogP contribution in [0.5, 0.6) is 0 Å². The molecule has 2 aromatic heterocycles. The third kappa shape index (κ3) is 3.52. The molecule has 24 heavy (non-hydrogen) atoms. The molecule has 1 amide bonds. The number of thiazole rings is 1. The van der Waals surface area contributed by atoms with Crippen LogP contribution >= 0.6 is 11.3 Å². The van der Waals surface area contributed by atoms with Crippen LogP contribution in [-0.4, -0.2) is 35.0 Å². The number of carbonyl (C=O) groups is 1. The smallest absolute Gasteiger partial charge is 0.277 e. The van der Waals surface area contributed by atoms with Crippen molar-refractivity contribution in [2.24, 2.45) is 0 Å². The summed E-state index contributed by atoms with van der Waals surface area (Å²) < 4.78 is 5.30. The maximum Gasteiger partial charge on any atom is 0.277 e. The second-order valence-electron chi connectivity index (χ2n) is 5.66. The molecule has 0 bridgehead atoms. The highest BCUT2D eigenvalue weighted by atomic mass is 32.1. The lowest BCUT2D eigenvalue weighted by Crippen LogP contribution is -2.14. The summed E-state index contributed by atoms with van der Waals surface area (Å²) in [7, 11) is 3.93. The average molecular weight is 342 g/mol. The average Bonchev–Trinajstić information content (AvgIpc) is 3.15. The van der Waals surface area contributed by atoms with Gasteiger partial charge in [-0.2, -0.15) is 0 Å². The molecule has 0 saturated carbocycles. The van der Waals surface area contributed by atoms with E-state index in [2.05, 4.69) is 15.5 Å². The van der Waals surface area contributed by atoms with Crippen LogP contribution < -0.4 is 5.32 Å². The molecule has 0 spiro atoms. The standard InChI is InChI=1S/C17H18N4O2S/c1-11-15(12-7-5-4-6-8-12)17(23-20-11)19-16(22)13-10-24-14(18-13)9-21(2)3/h4-8,10H,9H2,1-3H3,(H,19,22). The van der Waals surface area contributed by atoms with Gasteiger partial charge in [-0.15, -0.1) is 11.3 Å². The number of hydrogen-bond acceptors (Lipinski definition) is 6. The molecule has 3 aromatic rings. The minimum atomic E-state index is -0.301. The molecule has 3 rings (SSSR count). The highest BCUT2D eigenvalue weighted by Gasteiger charge is 2.19. The Bertz CT molecular complexity index is 839. The number of nitrogens with one attached hydrogen (secondary N) is 1. The molecule has 0 saturated heterocycles. The van der Waals surface area contributed by atoms with Crippen LogP contribution in [0.15, 0.2) is 40.2 Å². The molecule has 1 N–H and O–H groups in total. The summed E-state index contributed by atoms with van der Waals surface area (Å²) in [5, 5.41) is 9.39. The number of aromatic nitrogens is 2. The Balaban J connectivity index is 1.82. The van der Waals surface area contributed by atoms with E-state index in [-0.39, 0.29) is 5.91 Å². The molecule has 6 nitrogen and oxygen atoms in total. The SMILES string of the molecule is Cc1noc(NC(=O)c2csc(CN(C)C)n2)c1-c1ccccc1. The van der Waals surface area contributed by atoms with E-state index in [1.807, 2.05) is 56.3 Å². The molecule has 7 heteroatoms. The number of nitrogens with zero attached hydrogens (tertiary/aromatic N) is 3. The number of benzene rings is 1. The van der Waals surface area contributed by atoms with Crippen molar-refractivity contribution in [1.82, 2.24) is 15.0 Å². The first kappa shape index (κ1) is 16.4. The Morgan fingerprint density at radius 3 is 2.75 bits per heavy atom. The van der Waals surface area contributed by atoms with Gasteiger partial charge in [0.15, 0.2) is 0 Å². The molecule has 0 radical (unpaired) electrons. The third-order valence-corrected chi connectivity index (χ3v) is 4.22. The van der Waals surface area contributed by atoms with Crippen molar-refractivity contribution in [3.05, 3.63) is 52.1 Å². The highest BCUT2D eigenvalue weighted by Crippen LogP contribution is 2.31. The Kier molecular flexibility index (Phi) is 4.73. The van der Waals surface area contributed by atoms with Crippen molar-refractivity contribution < 1.29 is 9.32 Å². The Morgan fingerprint density at radius 2 is 2.04 bits per heavy atom. The normalized spacial score (nSPS) is 11.0. The summed E-state index contributed by atoms with van der Waals surface area (Å²) in [5.41, 5.74) is 2.83. The lowest BCUT2D eigenvalue weighted by atomic mass is 10.1. The first-order valence-electron chi connectivity index (χ1n) is 7.47. The molecule has 0 aliphatic rings. The van der Waals surface area contributed by atoms with E-state index in [1.165, 1.54) is 11.3 Å². The van der Waals surface area contributed by atoms with Crippen molar-refractivity contribution in [2.45, 2.75) is 13.5 Å². The third-order valence-electron chi connectivity index (χ3n) is 3.39. The van der Waals surface area contributed by atoms with Crippen molar-refractivity contribution >= 4 is 23.1 Å². The first-order valence-corrected chi connectivity index (χ1v) is 8.34. The predicted molar refractivity (Wildman–Crippen MR) is 94.1 cm³/mol. The van der Waals surface area contributed by atoms with Gasteiger partial charge in [0.2, 0.25) is 5.88 Å². The summed E-state index contributed by atoms with van der Waals surface area (Å²) in [4.78, 5) is 18.8. The van der Waals surface area contributed by atoms with Crippen LogP contribution in [0.2, 0.25) is 0 Å². The Labute approximate surface area is 144 Å². The van der Waals surface area contributed by atoms with Gasteiger partial charge in [-0.1, -0.05) is 35.5 Å². The quantitative estimate of drug-likeness (QED) is 0.769. The van der Waals surface area contributed by atoms with Crippen molar-refractivity contribution in [3.63, 3.8) is 0 Å². The topological polar surface area (TPSA) is 71.3 Å². The number of rotatable bonds is 5. The van der Waals surface area contributed by atoms with Gasteiger partial charge in [0.1, 0.15) is 10.7 Å². The largest absolute Gasteiger partial charge is 0.337 e. The fraction of sp³-hybridized carbons (Fsp3) is 0.235. The van der Waals surface area contributed by atoms with Crippen molar-refractivity contribution in [1.29, 1.82) is 0 Å². The molecule has 0 aliphatic heterocycles. The summed E-state index contributed by atoms with van der Waals surface area (Å²) in [6.45, 7) is 2.55. The summed E-state index contributed by atoms with van der Waals surface area (Å²) in [6.07, 6.45) is 0. The molecule has 0 aliphatic carbocycles. The van der Waals surface area contributed by atoms with E-state index in [0.717, 1.165) is 21.8 Å². The van der Waals surface area contributed by atoms with E-state index in [9.17, 15) is 4.79 Å². The van der Waals surface area contributed by atoms with E-state index in [4.69, 9.17) is 4.52 Å². The number of anilines is 1. The summed E-state index contributed by atoms with van der Waals surface area (Å²) in [6, 6.07) is 9.70. The fourth-order valence-corrected chi connectivity index (χ4v) is 3.22. The minimum absolute atomic E-state index is 0.301. The van der Waals surface area contributed by atoms with Crippen LogP contribution in [0.1, 0.15) is 21.2 Å². The van der Waals surface area contributed by atoms with Crippen molar-refractivity contribution in [2.75, 3.05) is 19.4 Å². The van der Waals surface area contributed by atoms with E-state index in [1.54, 1.807) is 5.38 Å². The van der Waals surface area contributed by atoms with Crippen LogP contribution in [0.25, 0.3) is 11.1 Å². The lowest BCUT2D eigenvalue weighted by molar-refractivity contribution is 0.101.